The van der Waals surface area contributed by atoms with Gasteiger partial charge in [-0.1, -0.05) is 473 Å². The van der Waals surface area contributed by atoms with Gasteiger partial charge in [-0.05, 0) is 62.1 Å². The lowest BCUT2D eigenvalue weighted by atomic mass is 9.45. The summed E-state index contributed by atoms with van der Waals surface area (Å²) in [7, 11) is -2.30. The molecule has 0 N–H and O–H groups in total. The van der Waals surface area contributed by atoms with Crippen molar-refractivity contribution in [1.82, 2.24) is 0 Å². The number of unbranched alkanes of at least 4 members (excludes halogenated alkanes) is 56. The Kier molecular flexibility index (Phi) is 61.0. The minimum atomic E-state index is -2.30. The lowest BCUT2D eigenvalue weighted by Crippen LogP contribution is -2.72. The summed E-state index contributed by atoms with van der Waals surface area (Å²) >= 11 is 0. The van der Waals surface area contributed by atoms with E-state index in [1.807, 2.05) is 0 Å². The second-order valence-corrected chi connectivity index (χ2v) is 35.1. The molecular weight excluding hydrogens is 1070 g/mol. The number of hydrogen-bond donors (Lipinski definition) is 0. The molecule has 1 rings (SSSR count). The molecule has 2 unspecified atom stereocenters. The third-order valence-electron chi connectivity index (χ3n) is 23.3. The van der Waals surface area contributed by atoms with Gasteiger partial charge in [0.25, 0.3) is 0 Å². The molecule has 1 saturated heterocycles. The van der Waals surface area contributed by atoms with E-state index in [-0.39, 0.29) is 11.0 Å². The van der Waals surface area contributed by atoms with E-state index in [1.165, 1.54) is 449 Å². The molecule has 0 radical (unpaired) electrons. The van der Waals surface area contributed by atoms with E-state index in [0.29, 0.717) is 5.41 Å². The summed E-state index contributed by atoms with van der Waals surface area (Å²) in [4.78, 5) is 0. The Balaban J connectivity index is 4.53. The maximum absolute atomic E-state index is 9.30. The topological polar surface area (TPSA) is 9.23 Å². The van der Waals surface area contributed by atoms with Crippen LogP contribution in [0, 0.1) is 10.8 Å². The van der Waals surface area contributed by atoms with Gasteiger partial charge in [0.15, 0.2) is 8.32 Å². The monoisotopic (exact) mass is 1240 g/mol. The standard InChI is InChI=1S/C85H172OSi/c1-10-18-26-34-42-50-58-66-74-82-83(75-67-59-51-43-35-27-19-11-2,76-68-60-52-44-36-28-20-12-3)84(77-69-61-53-45-37-29-21-13-4,78-70-62-54-46-38-30-22-14-5)85(79-71-63-55-47-39-31-23-15-6,80-72-64-56-48-40-32-24-16-7)86-87(82,9)81-73-65-57-49-41-33-25-17-8/h82H,10-81H2,1-9H3. The molecule has 0 spiro atoms. The van der Waals surface area contributed by atoms with E-state index >= 15 is 0 Å². The first-order chi connectivity index (χ1) is 42.8. The average molecular weight is 1240 g/mol. The van der Waals surface area contributed by atoms with Crippen LogP contribution in [-0.2, 0) is 4.43 Å². The van der Waals surface area contributed by atoms with Crippen LogP contribution in [0.15, 0.2) is 0 Å². The van der Waals surface area contributed by atoms with Crippen molar-refractivity contribution in [3.8, 4) is 0 Å². The summed E-state index contributed by atoms with van der Waals surface area (Å²) in [6, 6.07) is 1.46. The summed E-state index contributed by atoms with van der Waals surface area (Å²) in [5.74, 6) is 0. The fraction of sp³-hybridized carbons (Fsp3) is 1.00. The number of rotatable bonds is 72. The van der Waals surface area contributed by atoms with Crippen LogP contribution in [-0.4, -0.2) is 13.9 Å². The number of hydrogen-bond acceptors (Lipinski definition) is 1. The first-order valence-corrected chi connectivity index (χ1v) is 45.2. The van der Waals surface area contributed by atoms with Crippen LogP contribution >= 0.6 is 0 Å². The van der Waals surface area contributed by atoms with Gasteiger partial charge in [0.2, 0.25) is 0 Å². The molecule has 0 saturated carbocycles. The molecule has 87 heavy (non-hydrogen) atoms. The van der Waals surface area contributed by atoms with Gasteiger partial charge in [-0.25, -0.2) is 0 Å². The molecule has 0 aromatic carbocycles. The molecule has 522 valence electrons. The van der Waals surface area contributed by atoms with Gasteiger partial charge in [0.05, 0.1) is 5.60 Å². The van der Waals surface area contributed by atoms with Crippen molar-refractivity contribution in [2.24, 2.45) is 10.8 Å². The Morgan fingerprint density at radius 3 is 0.667 bits per heavy atom. The lowest BCUT2D eigenvalue weighted by molar-refractivity contribution is -0.205. The highest BCUT2D eigenvalue weighted by molar-refractivity contribution is 6.74. The van der Waals surface area contributed by atoms with Gasteiger partial charge in [0, 0.05) is 5.41 Å². The molecule has 1 nitrogen and oxygen atoms in total. The molecular formula is C85H172OSi. The summed E-state index contributed by atoms with van der Waals surface area (Å²) in [5, 5.41) is 0. The molecule has 1 fully saturated rings. The highest BCUT2D eigenvalue weighted by Crippen LogP contribution is 2.74. The molecule has 1 aliphatic heterocycles. The van der Waals surface area contributed by atoms with Crippen molar-refractivity contribution < 1.29 is 4.43 Å². The zero-order valence-electron chi connectivity index (χ0n) is 62.9. The van der Waals surface area contributed by atoms with Gasteiger partial charge in [0.1, 0.15) is 0 Å². The Bertz CT molecular complexity index is 1280. The quantitative estimate of drug-likeness (QED) is 0.0436. The fourth-order valence-electron chi connectivity index (χ4n) is 18.0. The van der Waals surface area contributed by atoms with E-state index in [0.717, 1.165) is 5.54 Å². The molecule has 0 amide bonds. The first-order valence-electron chi connectivity index (χ1n) is 42.5. The first kappa shape index (κ1) is 85.2. The lowest BCUT2D eigenvalue weighted by Gasteiger charge is -2.72. The smallest absolute Gasteiger partial charge is 0.194 e. The molecule has 2 atom stereocenters. The van der Waals surface area contributed by atoms with Gasteiger partial charge in [-0.15, -0.1) is 0 Å². The van der Waals surface area contributed by atoms with E-state index < -0.39 is 8.32 Å². The van der Waals surface area contributed by atoms with Gasteiger partial charge in [-0.2, -0.15) is 0 Å². The minimum Gasteiger partial charge on any atom is -0.411 e. The highest BCUT2D eigenvalue weighted by atomic mass is 28.4. The van der Waals surface area contributed by atoms with Crippen LogP contribution in [0.5, 0.6) is 0 Å². The second-order valence-electron chi connectivity index (χ2n) is 31.0. The summed E-state index contributed by atoms with van der Waals surface area (Å²) in [6.07, 6.45) is 103. The zero-order valence-corrected chi connectivity index (χ0v) is 63.9. The maximum atomic E-state index is 9.30. The molecule has 0 aliphatic carbocycles. The van der Waals surface area contributed by atoms with Crippen molar-refractivity contribution in [3.63, 3.8) is 0 Å². The van der Waals surface area contributed by atoms with Crippen molar-refractivity contribution in [2.75, 3.05) is 0 Å². The second kappa shape index (κ2) is 62.3. The van der Waals surface area contributed by atoms with Crippen molar-refractivity contribution in [2.45, 2.75) is 535 Å². The van der Waals surface area contributed by atoms with Crippen molar-refractivity contribution >= 4 is 8.32 Å². The predicted octanol–water partition coefficient (Wildman–Crippen LogP) is 32.5. The largest absolute Gasteiger partial charge is 0.411 e. The highest BCUT2D eigenvalue weighted by Gasteiger charge is 2.71. The Morgan fingerprint density at radius 1 is 0.218 bits per heavy atom. The van der Waals surface area contributed by atoms with Gasteiger partial charge in [-0.3, -0.25) is 0 Å². The minimum absolute atomic E-state index is 0.0386. The predicted molar refractivity (Wildman–Crippen MR) is 402 cm³/mol. The summed E-state index contributed by atoms with van der Waals surface area (Å²) in [6.45, 7) is 22.3. The van der Waals surface area contributed by atoms with Crippen LogP contribution in [0.3, 0.4) is 0 Å². The van der Waals surface area contributed by atoms with E-state index in [1.54, 1.807) is 12.8 Å². The van der Waals surface area contributed by atoms with E-state index in [2.05, 4.69) is 61.9 Å². The van der Waals surface area contributed by atoms with Crippen LogP contribution in [0.25, 0.3) is 0 Å². The molecule has 2 heteroatoms. The van der Waals surface area contributed by atoms with Crippen LogP contribution < -0.4 is 0 Å². The van der Waals surface area contributed by atoms with Crippen molar-refractivity contribution in [3.05, 3.63) is 0 Å². The Morgan fingerprint density at radius 2 is 0.414 bits per heavy atom. The maximum Gasteiger partial charge on any atom is 0.194 e. The van der Waals surface area contributed by atoms with Crippen molar-refractivity contribution in [1.29, 1.82) is 0 Å². The Labute approximate surface area is 555 Å². The third kappa shape index (κ3) is 40.2. The molecule has 1 heterocycles. The summed E-state index contributed by atoms with van der Waals surface area (Å²) < 4.78 is 9.30. The fourth-order valence-corrected chi connectivity index (χ4v) is 23.4. The third-order valence-corrected chi connectivity index (χ3v) is 27.8. The van der Waals surface area contributed by atoms with E-state index in [4.69, 9.17) is 0 Å². The van der Waals surface area contributed by atoms with Crippen LogP contribution in [0.4, 0.5) is 0 Å². The molecule has 0 aromatic rings. The molecule has 1 aliphatic rings. The molecule has 0 bridgehead atoms. The Hall–Kier alpha value is 0.177. The van der Waals surface area contributed by atoms with Gasteiger partial charge < -0.3 is 4.43 Å². The van der Waals surface area contributed by atoms with E-state index in [9.17, 15) is 4.43 Å². The molecule has 0 aromatic heterocycles. The average Bonchev–Trinajstić information content (AvgIpc) is 0.732. The van der Waals surface area contributed by atoms with Gasteiger partial charge >= 0.3 is 0 Å². The SMILES string of the molecule is CCCCCCCCCCC1C(CCCCCCCCCC)(CCCCCCCCCC)C(CCCCCCCCCC)(CCCCCCCCCC)C(CCCCCCCCCC)(CCCCCCCCCC)O[Si]1(C)CCCCCCCCCC. The van der Waals surface area contributed by atoms with Crippen LogP contribution in [0.1, 0.15) is 511 Å². The van der Waals surface area contributed by atoms with Crippen LogP contribution in [0.2, 0.25) is 18.1 Å². The zero-order chi connectivity index (χ0) is 63.2. The summed E-state index contributed by atoms with van der Waals surface area (Å²) in [5.41, 5.74) is 1.54. The normalized spacial score (nSPS) is 17.3.